The summed E-state index contributed by atoms with van der Waals surface area (Å²) in [5.74, 6) is 0.608. The van der Waals surface area contributed by atoms with Gasteiger partial charge < -0.3 is 24.3 Å². The minimum Gasteiger partial charge on any atom is -0.487 e. The van der Waals surface area contributed by atoms with E-state index in [-0.39, 0.29) is 6.61 Å². The first-order valence-electron chi connectivity index (χ1n) is 10.5. The summed E-state index contributed by atoms with van der Waals surface area (Å²) in [6, 6.07) is 8.43. The maximum atomic E-state index is 12.5. The number of benzene rings is 1. The van der Waals surface area contributed by atoms with Crippen LogP contribution in [0.5, 0.6) is 5.75 Å². The van der Waals surface area contributed by atoms with Crippen LogP contribution in [0.4, 0.5) is 4.79 Å². The van der Waals surface area contributed by atoms with Crippen LogP contribution in [0, 0.1) is 5.92 Å². The summed E-state index contributed by atoms with van der Waals surface area (Å²) in [5, 5.41) is 2.50. The molecule has 3 atom stereocenters. The van der Waals surface area contributed by atoms with Gasteiger partial charge in [-0.1, -0.05) is 32.0 Å². The highest BCUT2D eigenvalue weighted by Gasteiger charge is 2.28. The predicted molar refractivity (Wildman–Crippen MR) is 116 cm³/mol. The number of para-hydroxylation sites is 1. The smallest absolute Gasteiger partial charge is 0.408 e. The van der Waals surface area contributed by atoms with E-state index in [1.54, 1.807) is 27.7 Å². The third-order valence-corrected chi connectivity index (χ3v) is 4.06. The standard InChI is InChI=1S/C23H37NO6/c1-16(2)13-14-27-15-20(18(4)28-19-11-9-8-10-12-19)29-21(25)17(3)24-22(26)30-23(5,6)7/h8-12,16-18,20H,13-15H2,1-7H3,(H,24,26)/t17-,18-,20+/m0/s1. The zero-order chi connectivity index (χ0) is 22.7. The van der Waals surface area contributed by atoms with Crippen LogP contribution in [0.1, 0.15) is 54.9 Å². The Morgan fingerprint density at radius 2 is 1.67 bits per heavy atom. The van der Waals surface area contributed by atoms with Crippen LogP contribution < -0.4 is 10.1 Å². The summed E-state index contributed by atoms with van der Waals surface area (Å²) in [6.45, 7) is 13.6. The van der Waals surface area contributed by atoms with Gasteiger partial charge in [-0.05, 0) is 59.1 Å². The molecule has 0 bridgehead atoms. The van der Waals surface area contributed by atoms with Crippen molar-refractivity contribution in [2.24, 2.45) is 5.92 Å². The quantitative estimate of drug-likeness (QED) is 0.421. The van der Waals surface area contributed by atoms with Gasteiger partial charge in [0.2, 0.25) is 0 Å². The minimum absolute atomic E-state index is 0.200. The summed E-state index contributed by atoms with van der Waals surface area (Å²) in [6.07, 6.45) is -0.840. The van der Waals surface area contributed by atoms with Gasteiger partial charge in [-0.15, -0.1) is 0 Å². The fraction of sp³-hybridized carbons (Fsp3) is 0.652. The maximum Gasteiger partial charge on any atom is 0.408 e. The van der Waals surface area contributed by atoms with Crippen LogP contribution in [0.25, 0.3) is 0 Å². The molecule has 1 rings (SSSR count). The lowest BCUT2D eigenvalue weighted by molar-refractivity contribution is -0.160. The SMILES string of the molecule is CC(C)CCOC[C@@H](OC(=O)[C@H](C)NC(=O)OC(C)(C)C)[C@H](C)Oc1ccccc1. The Bertz CT molecular complexity index is 641. The van der Waals surface area contributed by atoms with Gasteiger partial charge in [0.25, 0.3) is 0 Å². The molecular formula is C23H37NO6. The second-order valence-corrected chi connectivity index (χ2v) is 8.74. The van der Waals surface area contributed by atoms with Gasteiger partial charge in [-0.2, -0.15) is 0 Å². The molecule has 0 radical (unpaired) electrons. The molecule has 1 N–H and O–H groups in total. The Kier molecular flexibility index (Phi) is 10.7. The highest BCUT2D eigenvalue weighted by Crippen LogP contribution is 2.15. The second kappa shape index (κ2) is 12.4. The molecule has 30 heavy (non-hydrogen) atoms. The predicted octanol–water partition coefficient (Wildman–Crippen LogP) is 4.34. The normalized spacial score (nSPS) is 14.5. The fourth-order valence-electron chi connectivity index (χ4n) is 2.37. The largest absolute Gasteiger partial charge is 0.487 e. The molecule has 1 amide bonds. The molecule has 0 saturated carbocycles. The minimum atomic E-state index is -0.873. The molecule has 7 nitrogen and oxygen atoms in total. The average molecular weight is 424 g/mol. The van der Waals surface area contributed by atoms with Gasteiger partial charge in [0.1, 0.15) is 23.5 Å². The average Bonchev–Trinajstić information content (AvgIpc) is 2.62. The molecule has 0 heterocycles. The Morgan fingerprint density at radius 3 is 2.23 bits per heavy atom. The highest BCUT2D eigenvalue weighted by atomic mass is 16.6. The van der Waals surface area contributed by atoms with E-state index in [2.05, 4.69) is 19.2 Å². The molecule has 7 heteroatoms. The lowest BCUT2D eigenvalue weighted by Crippen LogP contribution is -2.46. The molecule has 170 valence electrons. The summed E-state index contributed by atoms with van der Waals surface area (Å²) >= 11 is 0. The summed E-state index contributed by atoms with van der Waals surface area (Å²) in [5.41, 5.74) is -0.654. The summed E-state index contributed by atoms with van der Waals surface area (Å²) in [4.78, 5) is 24.5. The van der Waals surface area contributed by atoms with Gasteiger partial charge in [-0.3, -0.25) is 0 Å². The van der Waals surface area contributed by atoms with Crippen LogP contribution in [-0.4, -0.2) is 49.1 Å². The Balaban J connectivity index is 2.69. The number of carbonyl (C=O) groups excluding carboxylic acids is 2. The van der Waals surface area contributed by atoms with E-state index in [1.165, 1.54) is 0 Å². The van der Waals surface area contributed by atoms with Crippen molar-refractivity contribution in [1.82, 2.24) is 5.32 Å². The number of rotatable bonds is 11. The third kappa shape index (κ3) is 11.0. The lowest BCUT2D eigenvalue weighted by Gasteiger charge is -2.27. The highest BCUT2D eigenvalue weighted by molar-refractivity contribution is 5.81. The fourth-order valence-corrected chi connectivity index (χ4v) is 2.37. The van der Waals surface area contributed by atoms with Gasteiger partial charge in [0, 0.05) is 6.61 Å². The van der Waals surface area contributed by atoms with Crippen molar-refractivity contribution in [3.63, 3.8) is 0 Å². The van der Waals surface area contributed by atoms with Gasteiger partial charge in [-0.25, -0.2) is 9.59 Å². The number of ether oxygens (including phenoxy) is 4. The van der Waals surface area contributed by atoms with E-state index in [1.807, 2.05) is 37.3 Å². The van der Waals surface area contributed by atoms with Crippen LogP contribution >= 0.6 is 0 Å². The maximum absolute atomic E-state index is 12.5. The van der Waals surface area contributed by atoms with E-state index >= 15 is 0 Å². The Labute approximate surface area is 180 Å². The first-order valence-corrected chi connectivity index (χ1v) is 10.5. The van der Waals surface area contributed by atoms with Gasteiger partial charge >= 0.3 is 12.1 Å². The Morgan fingerprint density at radius 1 is 1.03 bits per heavy atom. The molecule has 0 aliphatic heterocycles. The van der Waals surface area contributed by atoms with Gasteiger partial charge in [0.05, 0.1) is 6.61 Å². The number of amides is 1. The van der Waals surface area contributed by atoms with Crippen molar-refractivity contribution in [3.05, 3.63) is 30.3 Å². The van der Waals surface area contributed by atoms with Gasteiger partial charge in [0.15, 0.2) is 6.10 Å². The molecule has 1 aromatic rings. The molecule has 0 aromatic heterocycles. The van der Waals surface area contributed by atoms with Crippen LogP contribution in [0.3, 0.4) is 0 Å². The first kappa shape index (κ1) is 25.8. The van der Waals surface area contributed by atoms with Crippen LogP contribution in [-0.2, 0) is 19.0 Å². The lowest BCUT2D eigenvalue weighted by atomic mass is 10.1. The van der Waals surface area contributed by atoms with Crippen molar-refractivity contribution in [2.75, 3.05) is 13.2 Å². The number of esters is 1. The van der Waals surface area contributed by atoms with E-state index < -0.39 is 35.9 Å². The molecule has 0 unspecified atom stereocenters. The number of hydrogen-bond acceptors (Lipinski definition) is 6. The van der Waals surface area contributed by atoms with Crippen molar-refractivity contribution < 1.29 is 28.5 Å². The number of carbonyl (C=O) groups is 2. The van der Waals surface area contributed by atoms with Crippen molar-refractivity contribution in [2.45, 2.75) is 78.7 Å². The first-order chi connectivity index (χ1) is 14.0. The molecule has 1 aromatic carbocycles. The number of alkyl carbamates (subject to hydrolysis) is 1. The molecule has 0 spiro atoms. The van der Waals surface area contributed by atoms with Crippen LogP contribution in [0.2, 0.25) is 0 Å². The zero-order valence-corrected chi connectivity index (χ0v) is 19.3. The molecule has 0 saturated heterocycles. The third-order valence-electron chi connectivity index (χ3n) is 4.06. The summed E-state index contributed by atoms with van der Waals surface area (Å²) < 4.78 is 22.4. The van der Waals surface area contributed by atoms with Crippen LogP contribution in [0.15, 0.2) is 30.3 Å². The molecule has 0 aliphatic carbocycles. The van der Waals surface area contributed by atoms with Crippen molar-refractivity contribution in [1.29, 1.82) is 0 Å². The molecular weight excluding hydrogens is 386 g/mol. The molecule has 0 fully saturated rings. The van der Waals surface area contributed by atoms with Crippen molar-refractivity contribution in [3.8, 4) is 5.75 Å². The zero-order valence-electron chi connectivity index (χ0n) is 19.3. The molecule has 0 aliphatic rings. The number of hydrogen-bond donors (Lipinski definition) is 1. The second-order valence-electron chi connectivity index (χ2n) is 8.74. The van der Waals surface area contributed by atoms with E-state index in [0.29, 0.717) is 18.3 Å². The number of nitrogens with one attached hydrogen (secondary N) is 1. The van der Waals surface area contributed by atoms with E-state index in [9.17, 15) is 9.59 Å². The van der Waals surface area contributed by atoms with E-state index in [0.717, 1.165) is 6.42 Å². The Hall–Kier alpha value is -2.28. The topological polar surface area (TPSA) is 83.1 Å². The monoisotopic (exact) mass is 423 g/mol. The van der Waals surface area contributed by atoms with Crippen molar-refractivity contribution >= 4 is 12.1 Å². The summed E-state index contributed by atoms with van der Waals surface area (Å²) in [7, 11) is 0. The van der Waals surface area contributed by atoms with E-state index in [4.69, 9.17) is 18.9 Å².